The fourth-order valence-electron chi connectivity index (χ4n) is 3.27. The molecule has 0 fully saturated rings. The number of hydrazone groups is 1. The lowest BCUT2D eigenvalue weighted by molar-refractivity contribution is -0.119. The number of nitrogens with one attached hydrogen (secondary N) is 1. The smallest absolute Gasteiger partial charge is 0.264 e. The number of anilines is 1. The van der Waals surface area contributed by atoms with Crippen molar-refractivity contribution in [3.05, 3.63) is 82.3 Å². The first-order chi connectivity index (χ1) is 17.7. The predicted octanol–water partition coefficient (Wildman–Crippen LogP) is 5.53. The maximum absolute atomic E-state index is 13.4. The number of rotatable bonds is 12. The van der Waals surface area contributed by atoms with E-state index >= 15 is 0 Å². The van der Waals surface area contributed by atoms with Crippen LogP contribution in [0.1, 0.15) is 25.8 Å². The van der Waals surface area contributed by atoms with Gasteiger partial charge in [0, 0.05) is 10.0 Å². The van der Waals surface area contributed by atoms with Gasteiger partial charge in [-0.05, 0) is 67.4 Å². The molecule has 0 radical (unpaired) electrons. The third-order valence-corrected chi connectivity index (χ3v) is 7.11. The van der Waals surface area contributed by atoms with Crippen molar-refractivity contribution in [2.75, 3.05) is 24.1 Å². The van der Waals surface area contributed by atoms with Crippen LogP contribution in [0, 0.1) is 0 Å². The Morgan fingerprint density at radius 2 is 1.68 bits per heavy atom. The van der Waals surface area contributed by atoms with Crippen LogP contribution in [0.4, 0.5) is 5.69 Å². The van der Waals surface area contributed by atoms with Gasteiger partial charge in [-0.25, -0.2) is 13.8 Å². The van der Waals surface area contributed by atoms with Crippen molar-refractivity contribution >= 4 is 51.0 Å². The molecule has 3 rings (SSSR count). The van der Waals surface area contributed by atoms with Crippen molar-refractivity contribution in [1.29, 1.82) is 0 Å². The summed E-state index contributed by atoms with van der Waals surface area (Å²) in [7, 11) is -4.11. The van der Waals surface area contributed by atoms with Gasteiger partial charge >= 0.3 is 0 Å². The lowest BCUT2D eigenvalue weighted by Crippen LogP contribution is -2.39. The number of amides is 1. The molecule has 0 saturated carbocycles. The molecule has 0 aromatic heterocycles. The summed E-state index contributed by atoms with van der Waals surface area (Å²) in [5.41, 5.74) is 3.17. The lowest BCUT2D eigenvalue weighted by atomic mass is 10.2. The molecule has 0 spiro atoms. The molecule has 196 valence electrons. The number of carbonyl (C=O) groups is 1. The molecule has 3 aromatic rings. The first kappa shape index (κ1) is 28.3. The highest BCUT2D eigenvalue weighted by molar-refractivity contribution is 7.92. The first-order valence-electron chi connectivity index (χ1n) is 11.5. The van der Waals surface area contributed by atoms with Crippen LogP contribution < -0.4 is 19.2 Å². The number of hydrogen-bond donors (Lipinski definition) is 1. The molecule has 0 bridgehead atoms. The van der Waals surface area contributed by atoms with Gasteiger partial charge in [0.05, 0.1) is 30.0 Å². The Balaban J connectivity index is 1.80. The Kier molecular flexibility index (Phi) is 10.2. The first-order valence-corrected chi connectivity index (χ1v) is 13.7. The number of benzene rings is 3. The molecule has 8 nitrogen and oxygen atoms in total. The molecule has 0 aliphatic rings. The Bertz CT molecular complexity index is 1330. The maximum atomic E-state index is 13.4. The van der Waals surface area contributed by atoms with Crippen molar-refractivity contribution < 1.29 is 22.7 Å². The van der Waals surface area contributed by atoms with E-state index in [9.17, 15) is 13.2 Å². The third kappa shape index (κ3) is 7.85. The summed E-state index contributed by atoms with van der Waals surface area (Å²) in [6.45, 7) is 4.34. The lowest BCUT2D eigenvalue weighted by Gasteiger charge is -2.24. The van der Waals surface area contributed by atoms with Crippen molar-refractivity contribution in [2.24, 2.45) is 5.10 Å². The zero-order valence-electron chi connectivity index (χ0n) is 20.4. The highest BCUT2D eigenvalue weighted by Gasteiger charge is 2.27. The topological polar surface area (TPSA) is 97.3 Å². The van der Waals surface area contributed by atoms with Crippen molar-refractivity contribution in [1.82, 2.24) is 5.43 Å². The van der Waals surface area contributed by atoms with Crippen LogP contribution in [0.15, 0.2) is 76.7 Å². The van der Waals surface area contributed by atoms with Crippen LogP contribution in [0.2, 0.25) is 10.0 Å². The van der Waals surface area contributed by atoms with Crippen molar-refractivity contribution in [3.8, 4) is 11.5 Å². The summed E-state index contributed by atoms with van der Waals surface area (Å²) >= 11 is 12.2. The highest BCUT2D eigenvalue weighted by Crippen LogP contribution is 2.30. The zero-order chi connectivity index (χ0) is 26.8. The predicted molar refractivity (Wildman–Crippen MR) is 147 cm³/mol. The Morgan fingerprint density at radius 1 is 0.973 bits per heavy atom. The van der Waals surface area contributed by atoms with E-state index in [1.807, 2.05) is 13.8 Å². The van der Waals surface area contributed by atoms with Gasteiger partial charge in [-0.3, -0.25) is 9.10 Å². The Hall–Kier alpha value is -3.27. The minimum absolute atomic E-state index is 0.0104. The van der Waals surface area contributed by atoms with E-state index in [0.717, 1.165) is 10.7 Å². The summed E-state index contributed by atoms with van der Waals surface area (Å²) in [6.07, 6.45) is 2.29. The quantitative estimate of drug-likeness (QED) is 0.231. The normalized spacial score (nSPS) is 11.4. The van der Waals surface area contributed by atoms with Crippen LogP contribution in [0.5, 0.6) is 11.5 Å². The van der Waals surface area contributed by atoms with Crippen LogP contribution in [0.25, 0.3) is 0 Å². The molecule has 1 N–H and O–H groups in total. The van der Waals surface area contributed by atoms with E-state index in [2.05, 4.69) is 10.5 Å². The molecule has 0 aliphatic heterocycles. The van der Waals surface area contributed by atoms with Gasteiger partial charge in [0.2, 0.25) is 0 Å². The van der Waals surface area contributed by atoms with Crippen LogP contribution in [0.3, 0.4) is 0 Å². The Morgan fingerprint density at radius 3 is 2.32 bits per heavy atom. The number of halogens is 2. The Labute approximate surface area is 226 Å². The molecule has 37 heavy (non-hydrogen) atoms. The van der Waals surface area contributed by atoms with Gasteiger partial charge in [0.1, 0.15) is 6.54 Å². The summed E-state index contributed by atoms with van der Waals surface area (Å²) in [6, 6.07) is 17.3. The molecule has 0 saturated heterocycles. The number of nitrogens with zero attached hydrogens (tertiary/aromatic N) is 2. The van der Waals surface area contributed by atoms with E-state index in [4.69, 9.17) is 32.7 Å². The number of carbonyl (C=O) groups excluding carboxylic acids is 1. The largest absolute Gasteiger partial charge is 0.490 e. The van der Waals surface area contributed by atoms with Crippen LogP contribution >= 0.6 is 23.2 Å². The van der Waals surface area contributed by atoms with Gasteiger partial charge in [-0.1, -0.05) is 48.3 Å². The molecule has 0 heterocycles. The fraction of sp³-hybridized carbons (Fsp3) is 0.231. The summed E-state index contributed by atoms with van der Waals surface area (Å²) in [5.74, 6) is 0.510. The van der Waals surface area contributed by atoms with Crippen LogP contribution in [-0.2, 0) is 14.8 Å². The monoisotopic (exact) mass is 563 g/mol. The molecule has 3 aromatic carbocycles. The van der Waals surface area contributed by atoms with Crippen molar-refractivity contribution in [3.63, 3.8) is 0 Å². The van der Waals surface area contributed by atoms with Crippen molar-refractivity contribution in [2.45, 2.75) is 25.2 Å². The minimum atomic E-state index is -4.11. The molecule has 11 heteroatoms. The summed E-state index contributed by atoms with van der Waals surface area (Å²) < 4.78 is 39.0. The average molecular weight is 564 g/mol. The zero-order valence-corrected chi connectivity index (χ0v) is 22.7. The second-order valence-electron chi connectivity index (χ2n) is 7.73. The SMILES string of the molecule is CCCOc1ccc(/C=N\NC(=O)CN(c2cc(Cl)cc(Cl)c2)S(=O)(=O)c2ccccc2)cc1OCC. The van der Waals surface area contributed by atoms with Gasteiger partial charge in [0.15, 0.2) is 11.5 Å². The second-order valence-corrected chi connectivity index (χ2v) is 10.5. The molecular weight excluding hydrogens is 537 g/mol. The molecule has 0 aliphatic carbocycles. The van der Waals surface area contributed by atoms with Gasteiger partial charge in [0.25, 0.3) is 15.9 Å². The van der Waals surface area contributed by atoms with Gasteiger partial charge < -0.3 is 9.47 Å². The maximum Gasteiger partial charge on any atom is 0.264 e. The number of hydrogen-bond acceptors (Lipinski definition) is 6. The van der Waals surface area contributed by atoms with E-state index in [1.165, 1.54) is 36.5 Å². The third-order valence-electron chi connectivity index (χ3n) is 4.89. The van der Waals surface area contributed by atoms with E-state index in [-0.39, 0.29) is 20.6 Å². The average Bonchev–Trinajstić information content (AvgIpc) is 2.87. The van der Waals surface area contributed by atoms with E-state index in [1.54, 1.807) is 36.4 Å². The minimum Gasteiger partial charge on any atom is -0.490 e. The summed E-state index contributed by atoms with van der Waals surface area (Å²) in [5, 5.41) is 4.43. The van der Waals surface area contributed by atoms with E-state index in [0.29, 0.717) is 30.3 Å². The number of sulfonamides is 1. The molecular formula is C26H27Cl2N3O5S. The summed E-state index contributed by atoms with van der Waals surface area (Å²) in [4.78, 5) is 12.8. The molecule has 1 amide bonds. The van der Waals surface area contributed by atoms with Gasteiger partial charge in [-0.2, -0.15) is 5.10 Å². The standard InChI is InChI=1S/C26H27Cl2N3O5S/c1-3-12-36-24-11-10-19(13-25(24)35-4-2)17-29-30-26(32)18-31(22-15-20(27)14-21(28)16-22)37(33,34)23-8-6-5-7-9-23/h5-11,13-17H,3-4,12,18H2,1-2H3,(H,30,32)/b29-17-. The van der Waals surface area contributed by atoms with Gasteiger partial charge in [-0.15, -0.1) is 0 Å². The molecule has 0 unspecified atom stereocenters. The van der Waals surface area contributed by atoms with Crippen LogP contribution in [-0.4, -0.2) is 40.3 Å². The molecule has 0 atom stereocenters. The number of ether oxygens (including phenoxy) is 2. The second kappa shape index (κ2) is 13.3. The highest BCUT2D eigenvalue weighted by atomic mass is 35.5. The van der Waals surface area contributed by atoms with E-state index < -0.39 is 22.5 Å². The fourth-order valence-corrected chi connectivity index (χ4v) is 5.21.